The van der Waals surface area contributed by atoms with Crippen LogP contribution in [-0.4, -0.2) is 29.8 Å². The van der Waals surface area contributed by atoms with Crippen molar-refractivity contribution in [1.29, 1.82) is 0 Å². The zero-order valence-electron chi connectivity index (χ0n) is 15.7. The van der Waals surface area contributed by atoms with E-state index in [2.05, 4.69) is 5.32 Å². The van der Waals surface area contributed by atoms with Crippen LogP contribution < -0.4 is 5.32 Å². The molecular formula is C21H20F4N2O2. The molecule has 3 rings (SSSR count). The van der Waals surface area contributed by atoms with Crippen LogP contribution in [0.2, 0.25) is 0 Å². The Morgan fingerprint density at radius 3 is 2.21 bits per heavy atom. The maximum Gasteiger partial charge on any atom is 0.416 e. The first-order chi connectivity index (χ1) is 13.6. The average Bonchev–Trinajstić information content (AvgIpc) is 2.69. The van der Waals surface area contributed by atoms with Crippen molar-refractivity contribution in [3.05, 3.63) is 65.0 Å². The molecule has 1 fully saturated rings. The summed E-state index contributed by atoms with van der Waals surface area (Å²) in [7, 11) is 0. The molecule has 1 aliphatic heterocycles. The van der Waals surface area contributed by atoms with Gasteiger partial charge in [0.15, 0.2) is 0 Å². The minimum atomic E-state index is -4.45. The first-order valence-electron chi connectivity index (χ1n) is 9.18. The van der Waals surface area contributed by atoms with Crippen molar-refractivity contribution in [2.24, 2.45) is 5.92 Å². The minimum Gasteiger partial charge on any atom is -0.339 e. The Morgan fingerprint density at radius 1 is 1.03 bits per heavy atom. The van der Waals surface area contributed by atoms with Crippen LogP contribution in [0.25, 0.3) is 0 Å². The van der Waals surface area contributed by atoms with Crippen LogP contribution in [-0.2, 0) is 11.0 Å². The van der Waals surface area contributed by atoms with Gasteiger partial charge in [0.25, 0.3) is 5.91 Å². The van der Waals surface area contributed by atoms with E-state index in [9.17, 15) is 27.2 Å². The van der Waals surface area contributed by atoms with E-state index in [1.165, 1.54) is 35.2 Å². The second-order valence-corrected chi connectivity index (χ2v) is 7.09. The number of hydrogen-bond acceptors (Lipinski definition) is 2. The molecule has 0 aliphatic carbocycles. The van der Waals surface area contributed by atoms with E-state index in [-0.39, 0.29) is 29.1 Å². The number of carbonyl (C=O) groups is 2. The van der Waals surface area contributed by atoms with Gasteiger partial charge in [0.1, 0.15) is 5.82 Å². The number of hydrogen-bond donors (Lipinski definition) is 1. The number of nitrogens with zero attached hydrogens (tertiary/aromatic N) is 1. The van der Waals surface area contributed by atoms with Crippen molar-refractivity contribution in [1.82, 2.24) is 4.90 Å². The van der Waals surface area contributed by atoms with Gasteiger partial charge in [-0.3, -0.25) is 9.59 Å². The molecule has 1 heterocycles. The first-order valence-corrected chi connectivity index (χ1v) is 9.18. The van der Waals surface area contributed by atoms with Gasteiger partial charge in [-0.2, -0.15) is 13.2 Å². The predicted octanol–water partition coefficient (Wildman–Crippen LogP) is 4.64. The van der Waals surface area contributed by atoms with Crippen LogP contribution >= 0.6 is 0 Å². The van der Waals surface area contributed by atoms with Gasteiger partial charge in [0, 0.05) is 30.3 Å². The van der Waals surface area contributed by atoms with Gasteiger partial charge in [0.2, 0.25) is 5.91 Å². The molecule has 29 heavy (non-hydrogen) atoms. The Balaban J connectivity index is 1.57. The highest BCUT2D eigenvalue weighted by Crippen LogP contribution is 2.29. The van der Waals surface area contributed by atoms with E-state index >= 15 is 0 Å². The predicted molar refractivity (Wildman–Crippen MR) is 99.8 cm³/mol. The third-order valence-electron chi connectivity index (χ3n) is 5.06. The van der Waals surface area contributed by atoms with E-state index in [0.717, 1.165) is 12.1 Å². The van der Waals surface area contributed by atoms with Crippen molar-refractivity contribution in [3.63, 3.8) is 0 Å². The number of piperidine rings is 1. The van der Waals surface area contributed by atoms with Crippen molar-refractivity contribution in [2.75, 3.05) is 18.4 Å². The number of halogens is 4. The highest BCUT2D eigenvalue weighted by molar-refractivity contribution is 5.95. The number of benzene rings is 2. The van der Waals surface area contributed by atoms with Gasteiger partial charge in [0.05, 0.1) is 5.56 Å². The van der Waals surface area contributed by atoms with E-state index < -0.39 is 11.7 Å². The molecule has 4 nitrogen and oxygen atoms in total. The number of anilines is 1. The molecule has 1 N–H and O–H groups in total. The molecule has 0 unspecified atom stereocenters. The Kier molecular flexibility index (Phi) is 5.91. The average molecular weight is 408 g/mol. The van der Waals surface area contributed by atoms with Crippen molar-refractivity contribution < 1.29 is 27.2 Å². The summed E-state index contributed by atoms with van der Waals surface area (Å²) in [6.45, 7) is 2.37. The molecule has 1 aliphatic rings. The monoisotopic (exact) mass is 408 g/mol. The summed E-state index contributed by atoms with van der Waals surface area (Å²) in [4.78, 5) is 26.5. The Labute approximate surface area is 165 Å². The fourth-order valence-electron chi connectivity index (χ4n) is 3.33. The molecule has 0 spiro atoms. The normalized spacial score (nSPS) is 15.3. The minimum absolute atomic E-state index is 0.183. The second kappa shape index (κ2) is 8.23. The third kappa shape index (κ3) is 4.93. The van der Waals surface area contributed by atoms with Crippen LogP contribution in [0, 0.1) is 18.7 Å². The molecule has 0 radical (unpaired) electrons. The SMILES string of the molecule is Cc1cc(F)ccc1NC(=O)C1CCN(C(=O)c2ccc(C(F)(F)F)cc2)CC1. The summed E-state index contributed by atoms with van der Waals surface area (Å²) in [5.41, 5.74) is 0.538. The lowest BCUT2D eigenvalue weighted by molar-refractivity contribution is -0.137. The molecule has 1 saturated heterocycles. The molecule has 0 bridgehead atoms. The second-order valence-electron chi connectivity index (χ2n) is 7.09. The summed E-state index contributed by atoms with van der Waals surface area (Å²) in [6.07, 6.45) is -3.56. The van der Waals surface area contributed by atoms with Crippen molar-refractivity contribution in [3.8, 4) is 0 Å². The maximum atomic E-state index is 13.2. The van der Waals surface area contributed by atoms with E-state index in [4.69, 9.17) is 0 Å². The van der Waals surface area contributed by atoms with Gasteiger partial charge in [-0.15, -0.1) is 0 Å². The molecule has 154 valence electrons. The topological polar surface area (TPSA) is 49.4 Å². The molecule has 2 amide bonds. The number of rotatable bonds is 3. The highest BCUT2D eigenvalue weighted by atomic mass is 19.4. The lowest BCUT2D eigenvalue weighted by Crippen LogP contribution is -2.41. The lowest BCUT2D eigenvalue weighted by Gasteiger charge is -2.31. The van der Waals surface area contributed by atoms with Crippen molar-refractivity contribution in [2.45, 2.75) is 25.9 Å². The van der Waals surface area contributed by atoms with Crippen LogP contribution in [0.3, 0.4) is 0 Å². The van der Waals surface area contributed by atoms with E-state index in [1.54, 1.807) is 6.92 Å². The maximum absolute atomic E-state index is 13.2. The van der Waals surface area contributed by atoms with Gasteiger partial charge in [-0.05, 0) is 67.8 Å². The summed E-state index contributed by atoms with van der Waals surface area (Å²) in [5, 5.41) is 2.79. The number of alkyl halides is 3. The van der Waals surface area contributed by atoms with E-state index in [1.807, 2.05) is 0 Å². The van der Waals surface area contributed by atoms with Crippen LogP contribution in [0.1, 0.15) is 34.3 Å². The first kappa shape index (κ1) is 20.8. The fourth-order valence-corrected chi connectivity index (χ4v) is 3.33. The number of nitrogens with one attached hydrogen (secondary N) is 1. The summed E-state index contributed by atoms with van der Waals surface area (Å²) in [6, 6.07) is 8.22. The zero-order chi connectivity index (χ0) is 21.2. The Bertz CT molecular complexity index is 902. The zero-order valence-corrected chi connectivity index (χ0v) is 15.7. The number of likely N-dealkylation sites (tertiary alicyclic amines) is 1. The standard InChI is InChI=1S/C21H20F4N2O2/c1-13-12-17(22)6-7-18(13)26-19(28)14-8-10-27(11-9-14)20(29)15-2-4-16(5-3-15)21(23,24)25/h2-7,12,14H,8-11H2,1H3,(H,26,28). The van der Waals surface area contributed by atoms with Crippen LogP contribution in [0.5, 0.6) is 0 Å². The van der Waals surface area contributed by atoms with E-state index in [0.29, 0.717) is 37.2 Å². The van der Waals surface area contributed by atoms with Crippen LogP contribution in [0.4, 0.5) is 23.2 Å². The molecule has 2 aromatic rings. The molecule has 8 heteroatoms. The van der Waals surface area contributed by atoms with Gasteiger partial charge in [-0.1, -0.05) is 0 Å². The Hall–Kier alpha value is -2.90. The van der Waals surface area contributed by atoms with Crippen molar-refractivity contribution >= 4 is 17.5 Å². The molecule has 0 aromatic heterocycles. The summed E-state index contributed by atoms with van der Waals surface area (Å²) < 4.78 is 51.1. The fraction of sp³-hybridized carbons (Fsp3) is 0.333. The number of carbonyl (C=O) groups excluding carboxylic acids is 2. The number of amides is 2. The third-order valence-corrected chi connectivity index (χ3v) is 5.06. The van der Waals surface area contributed by atoms with Gasteiger partial charge < -0.3 is 10.2 Å². The summed E-state index contributed by atoms with van der Waals surface area (Å²) >= 11 is 0. The number of aryl methyl sites for hydroxylation is 1. The van der Waals surface area contributed by atoms with Gasteiger partial charge in [-0.25, -0.2) is 4.39 Å². The smallest absolute Gasteiger partial charge is 0.339 e. The molecule has 0 atom stereocenters. The van der Waals surface area contributed by atoms with Gasteiger partial charge >= 0.3 is 6.18 Å². The highest BCUT2D eigenvalue weighted by Gasteiger charge is 2.31. The largest absolute Gasteiger partial charge is 0.416 e. The van der Waals surface area contributed by atoms with Crippen LogP contribution in [0.15, 0.2) is 42.5 Å². The Morgan fingerprint density at radius 2 is 1.66 bits per heavy atom. The molecular weight excluding hydrogens is 388 g/mol. The summed E-state index contributed by atoms with van der Waals surface area (Å²) in [5.74, 6) is -1.22. The molecule has 2 aromatic carbocycles. The molecule has 0 saturated carbocycles. The lowest BCUT2D eigenvalue weighted by atomic mass is 9.95. The quantitative estimate of drug-likeness (QED) is 0.752.